The smallest absolute Gasteiger partial charge is 0.261 e. The van der Waals surface area contributed by atoms with Gasteiger partial charge in [0.15, 0.2) is 0 Å². The first-order valence-corrected chi connectivity index (χ1v) is 10.0. The molecule has 28 heavy (non-hydrogen) atoms. The summed E-state index contributed by atoms with van der Waals surface area (Å²) in [6.45, 7) is 0.617. The van der Waals surface area contributed by atoms with E-state index in [9.17, 15) is 18.0 Å². The number of nitrogens with two attached hydrogens (primary N) is 1. The van der Waals surface area contributed by atoms with Gasteiger partial charge >= 0.3 is 0 Å². The Bertz CT molecular complexity index is 980. The van der Waals surface area contributed by atoms with E-state index >= 15 is 0 Å². The molecule has 3 rings (SSSR count). The maximum Gasteiger partial charge on any atom is 0.261 e. The average molecular weight is 424 g/mol. The Morgan fingerprint density at radius 1 is 0.964 bits per heavy atom. The lowest BCUT2D eigenvalue weighted by atomic mass is 10.1. The highest BCUT2D eigenvalue weighted by atomic mass is 35.5. The van der Waals surface area contributed by atoms with Crippen molar-refractivity contribution in [2.45, 2.75) is 11.3 Å². The van der Waals surface area contributed by atoms with Crippen molar-refractivity contribution in [3.63, 3.8) is 0 Å². The Morgan fingerprint density at radius 3 is 2.25 bits per heavy atom. The number of nitrogens with zero attached hydrogens (tertiary/aromatic N) is 2. The third kappa shape index (κ3) is 4.10. The van der Waals surface area contributed by atoms with Gasteiger partial charge in [0, 0.05) is 26.7 Å². The first-order valence-electron chi connectivity index (χ1n) is 8.57. The number of amides is 2. The third-order valence-electron chi connectivity index (χ3n) is 4.57. The van der Waals surface area contributed by atoms with E-state index in [0.29, 0.717) is 6.42 Å². The zero-order valence-electron chi connectivity index (χ0n) is 15.4. The van der Waals surface area contributed by atoms with Crippen LogP contribution in [0.1, 0.15) is 26.3 Å². The molecule has 0 atom stereocenters. The van der Waals surface area contributed by atoms with Crippen LogP contribution < -0.4 is 5.73 Å². The van der Waals surface area contributed by atoms with Crippen LogP contribution in [0.25, 0.3) is 0 Å². The highest BCUT2D eigenvalue weighted by Gasteiger charge is 2.34. The van der Waals surface area contributed by atoms with Gasteiger partial charge in [-0.3, -0.25) is 14.5 Å². The molecule has 0 aliphatic carbocycles. The second-order valence-electron chi connectivity index (χ2n) is 6.31. The van der Waals surface area contributed by atoms with Crippen molar-refractivity contribution in [2.75, 3.05) is 26.7 Å². The molecule has 0 saturated heterocycles. The minimum absolute atomic E-state index is 0. The maximum atomic E-state index is 13.1. The van der Waals surface area contributed by atoms with Gasteiger partial charge in [-0.1, -0.05) is 30.3 Å². The van der Waals surface area contributed by atoms with Gasteiger partial charge in [0.1, 0.15) is 0 Å². The Morgan fingerprint density at radius 2 is 1.61 bits per heavy atom. The average Bonchev–Trinajstić information content (AvgIpc) is 2.89. The van der Waals surface area contributed by atoms with Crippen LogP contribution in [0.4, 0.5) is 0 Å². The summed E-state index contributed by atoms with van der Waals surface area (Å²) in [6.07, 6.45) is 0.547. The lowest BCUT2D eigenvalue weighted by Crippen LogP contribution is -2.37. The fourth-order valence-electron chi connectivity index (χ4n) is 3.04. The van der Waals surface area contributed by atoms with Crippen LogP contribution in [0.2, 0.25) is 0 Å². The molecule has 2 aromatic rings. The highest BCUT2D eigenvalue weighted by Crippen LogP contribution is 2.26. The van der Waals surface area contributed by atoms with Gasteiger partial charge in [-0.15, -0.1) is 12.4 Å². The molecule has 0 saturated carbocycles. The number of hydrogen-bond acceptors (Lipinski definition) is 5. The van der Waals surface area contributed by atoms with Gasteiger partial charge in [-0.05, 0) is 30.2 Å². The van der Waals surface area contributed by atoms with E-state index in [0.717, 1.165) is 10.5 Å². The largest absolute Gasteiger partial charge is 0.329 e. The SMILES string of the molecule is CN1C(=O)c2ccc(S(=O)(=O)N(CCN)CCc3ccccc3)cc2C1=O.Cl. The molecule has 0 aromatic heterocycles. The predicted octanol–water partition coefficient (Wildman–Crippen LogP) is 1.53. The number of benzene rings is 2. The van der Waals surface area contributed by atoms with Crippen molar-refractivity contribution in [1.29, 1.82) is 0 Å². The van der Waals surface area contributed by atoms with Gasteiger partial charge in [0.2, 0.25) is 10.0 Å². The lowest BCUT2D eigenvalue weighted by Gasteiger charge is -2.22. The molecule has 2 N–H and O–H groups in total. The lowest BCUT2D eigenvalue weighted by molar-refractivity contribution is 0.0693. The molecule has 0 spiro atoms. The fourth-order valence-corrected chi connectivity index (χ4v) is 4.53. The van der Waals surface area contributed by atoms with Crippen LogP contribution in [0.3, 0.4) is 0 Å². The zero-order chi connectivity index (χ0) is 19.6. The Labute approximate surface area is 170 Å². The van der Waals surface area contributed by atoms with Gasteiger partial charge in [0.25, 0.3) is 11.8 Å². The monoisotopic (exact) mass is 423 g/mol. The molecule has 2 aromatic carbocycles. The Balaban J connectivity index is 0.00000280. The van der Waals surface area contributed by atoms with Crippen LogP contribution in [0, 0.1) is 0 Å². The molecule has 1 heterocycles. The summed E-state index contributed by atoms with van der Waals surface area (Å²) in [7, 11) is -2.47. The number of halogens is 1. The van der Waals surface area contributed by atoms with Crippen LogP contribution in [-0.2, 0) is 16.4 Å². The van der Waals surface area contributed by atoms with Gasteiger partial charge in [-0.2, -0.15) is 4.31 Å². The number of fused-ring (bicyclic) bond motifs is 1. The van der Waals surface area contributed by atoms with E-state index in [1.54, 1.807) is 0 Å². The first kappa shape index (κ1) is 22.0. The standard InChI is InChI=1S/C19H21N3O4S.ClH/c1-21-18(23)16-8-7-15(13-17(16)19(21)24)27(25,26)22(12-10-20)11-9-14-5-3-2-4-6-14;/h2-8,13H,9-12,20H2,1H3;1H. The van der Waals surface area contributed by atoms with E-state index in [2.05, 4.69) is 0 Å². The molecule has 9 heteroatoms. The van der Waals surface area contributed by atoms with Gasteiger partial charge < -0.3 is 5.73 Å². The van der Waals surface area contributed by atoms with E-state index < -0.39 is 21.8 Å². The molecule has 0 unspecified atom stereocenters. The summed E-state index contributed by atoms with van der Waals surface area (Å²) in [5.74, 6) is -0.927. The molecular weight excluding hydrogens is 402 g/mol. The van der Waals surface area contributed by atoms with E-state index in [1.807, 2.05) is 30.3 Å². The van der Waals surface area contributed by atoms with Crippen LogP contribution in [0.5, 0.6) is 0 Å². The topological polar surface area (TPSA) is 101 Å². The molecule has 2 amide bonds. The van der Waals surface area contributed by atoms with Crippen molar-refractivity contribution in [3.8, 4) is 0 Å². The van der Waals surface area contributed by atoms with Crippen molar-refractivity contribution >= 4 is 34.2 Å². The molecule has 1 aliphatic heterocycles. The second-order valence-corrected chi connectivity index (χ2v) is 8.24. The number of carbonyl (C=O) groups excluding carboxylic acids is 2. The Kier molecular flexibility index (Phi) is 6.95. The second kappa shape index (κ2) is 8.83. The molecule has 1 aliphatic rings. The minimum atomic E-state index is -3.84. The number of imide groups is 1. The predicted molar refractivity (Wildman–Crippen MR) is 108 cm³/mol. The molecule has 150 valence electrons. The Hall–Kier alpha value is -2.26. The molecule has 0 fully saturated rings. The fraction of sp³-hybridized carbons (Fsp3) is 0.263. The van der Waals surface area contributed by atoms with Crippen molar-refractivity contribution in [3.05, 3.63) is 65.2 Å². The summed E-state index contributed by atoms with van der Waals surface area (Å²) in [4.78, 5) is 25.1. The normalized spacial score (nSPS) is 13.6. The van der Waals surface area contributed by atoms with Crippen molar-refractivity contribution < 1.29 is 18.0 Å². The van der Waals surface area contributed by atoms with Crippen LogP contribution >= 0.6 is 12.4 Å². The van der Waals surface area contributed by atoms with Crippen molar-refractivity contribution in [1.82, 2.24) is 9.21 Å². The molecule has 0 radical (unpaired) electrons. The van der Waals surface area contributed by atoms with Gasteiger partial charge in [0.05, 0.1) is 16.0 Å². The van der Waals surface area contributed by atoms with Gasteiger partial charge in [-0.25, -0.2) is 8.42 Å². The van der Waals surface area contributed by atoms with E-state index in [-0.39, 0.29) is 48.1 Å². The van der Waals surface area contributed by atoms with Crippen molar-refractivity contribution in [2.24, 2.45) is 5.73 Å². The van der Waals surface area contributed by atoms with Crippen LogP contribution in [-0.4, -0.2) is 56.1 Å². The third-order valence-corrected chi connectivity index (χ3v) is 6.46. The quantitative estimate of drug-likeness (QED) is 0.680. The number of sulfonamides is 1. The summed E-state index contributed by atoms with van der Waals surface area (Å²) in [5.41, 5.74) is 6.96. The van der Waals surface area contributed by atoms with Crippen LogP contribution in [0.15, 0.2) is 53.4 Å². The maximum absolute atomic E-state index is 13.1. The zero-order valence-corrected chi connectivity index (χ0v) is 17.0. The first-order chi connectivity index (χ1) is 12.9. The number of hydrogen-bond donors (Lipinski definition) is 1. The molecule has 0 bridgehead atoms. The highest BCUT2D eigenvalue weighted by molar-refractivity contribution is 7.89. The van der Waals surface area contributed by atoms with E-state index in [1.165, 1.54) is 29.6 Å². The minimum Gasteiger partial charge on any atom is -0.329 e. The number of carbonyl (C=O) groups is 2. The summed E-state index contributed by atoms with van der Waals surface area (Å²) < 4.78 is 27.5. The number of rotatable bonds is 7. The molecule has 7 nitrogen and oxygen atoms in total. The summed E-state index contributed by atoms with van der Waals surface area (Å²) in [5, 5.41) is 0. The summed E-state index contributed by atoms with van der Waals surface area (Å²) in [6, 6.07) is 13.6. The molecular formula is C19H22ClN3O4S. The summed E-state index contributed by atoms with van der Waals surface area (Å²) >= 11 is 0. The van der Waals surface area contributed by atoms with E-state index in [4.69, 9.17) is 5.73 Å².